The van der Waals surface area contributed by atoms with Gasteiger partial charge in [-0.3, -0.25) is 14.5 Å². The van der Waals surface area contributed by atoms with Gasteiger partial charge in [-0.25, -0.2) is 19.9 Å². The Morgan fingerprint density at radius 3 is 2.70 bits per heavy atom. The molecule has 11 heteroatoms. The molecule has 0 unspecified atom stereocenters. The van der Waals surface area contributed by atoms with Crippen LogP contribution in [0, 0.1) is 0 Å². The number of aromatic nitrogens is 7. The number of hydrogen-bond acceptors (Lipinski definition) is 9. The molecule has 0 saturated heterocycles. The maximum atomic E-state index is 13.5. The van der Waals surface area contributed by atoms with Crippen molar-refractivity contribution in [3.63, 3.8) is 0 Å². The second kappa shape index (κ2) is 9.26. The lowest BCUT2D eigenvalue weighted by molar-refractivity contribution is 0.0905. The predicted octanol–water partition coefficient (Wildman–Crippen LogP) is 3.14. The molecule has 3 N–H and O–H groups in total. The molecule has 1 amide bonds. The van der Waals surface area contributed by atoms with Crippen molar-refractivity contribution in [1.29, 1.82) is 0 Å². The summed E-state index contributed by atoms with van der Waals surface area (Å²) in [6.45, 7) is 3.61. The van der Waals surface area contributed by atoms with Crippen molar-refractivity contribution in [2.24, 2.45) is 7.05 Å². The lowest BCUT2D eigenvalue weighted by atomic mass is 9.99. The van der Waals surface area contributed by atoms with Crippen LogP contribution >= 0.6 is 0 Å². The minimum atomic E-state index is -0.923. The van der Waals surface area contributed by atoms with Crippen LogP contribution in [-0.2, 0) is 12.6 Å². The van der Waals surface area contributed by atoms with Gasteiger partial charge in [-0.15, -0.1) is 0 Å². The molecule has 0 aliphatic heterocycles. The number of aryl methyl sites for hydroxylation is 1. The Hall–Kier alpha value is -4.93. The van der Waals surface area contributed by atoms with Gasteiger partial charge in [0.2, 0.25) is 0 Å². The van der Waals surface area contributed by atoms with Crippen molar-refractivity contribution in [3.05, 3.63) is 72.7 Å². The maximum absolute atomic E-state index is 13.5. The molecule has 1 aromatic carbocycles. The van der Waals surface area contributed by atoms with Crippen molar-refractivity contribution in [1.82, 2.24) is 40.0 Å². The predicted molar refractivity (Wildman–Crippen MR) is 138 cm³/mol. The highest BCUT2D eigenvalue weighted by molar-refractivity contribution is 5.98. The summed E-state index contributed by atoms with van der Waals surface area (Å²) in [5, 5.41) is 8.36. The highest BCUT2D eigenvalue weighted by Gasteiger charge is 2.31. The monoisotopic (exact) mass is 495 g/mol. The first-order valence-corrected chi connectivity index (χ1v) is 11.5. The SMILES string of the molecule is COc1cncnc1C(C)(C)NC(=O)c1nc(-c2ccc3ncccc3c2)c(-c2ccn(C)n2)nc1N. The second-order valence-electron chi connectivity index (χ2n) is 8.96. The summed E-state index contributed by atoms with van der Waals surface area (Å²) in [7, 11) is 3.33. The number of nitrogens with zero attached hydrogens (tertiary/aromatic N) is 7. The van der Waals surface area contributed by atoms with E-state index in [4.69, 9.17) is 15.5 Å². The van der Waals surface area contributed by atoms with Gasteiger partial charge in [0.25, 0.3) is 5.91 Å². The number of hydrogen-bond donors (Lipinski definition) is 2. The van der Waals surface area contributed by atoms with Crippen LogP contribution in [0.4, 0.5) is 5.82 Å². The van der Waals surface area contributed by atoms with E-state index >= 15 is 0 Å². The Morgan fingerprint density at radius 1 is 1.11 bits per heavy atom. The Kier molecular flexibility index (Phi) is 5.96. The zero-order valence-corrected chi connectivity index (χ0v) is 20.8. The zero-order valence-electron chi connectivity index (χ0n) is 20.8. The Bertz CT molecular complexity index is 1630. The van der Waals surface area contributed by atoms with Gasteiger partial charge in [-0.2, -0.15) is 5.10 Å². The first-order valence-electron chi connectivity index (χ1n) is 11.5. The number of rotatable bonds is 6. The number of anilines is 1. The van der Waals surface area contributed by atoms with E-state index in [1.54, 1.807) is 37.1 Å². The van der Waals surface area contributed by atoms with Gasteiger partial charge in [-0.05, 0) is 38.1 Å². The molecule has 0 fully saturated rings. The number of carbonyl (C=O) groups is 1. The van der Waals surface area contributed by atoms with E-state index in [1.807, 2.05) is 43.4 Å². The van der Waals surface area contributed by atoms with Crippen LogP contribution in [0.3, 0.4) is 0 Å². The van der Waals surface area contributed by atoms with Crippen molar-refractivity contribution < 1.29 is 9.53 Å². The molecular weight excluding hydrogens is 470 g/mol. The van der Waals surface area contributed by atoms with Crippen molar-refractivity contribution in [3.8, 4) is 28.4 Å². The average Bonchev–Trinajstić information content (AvgIpc) is 3.34. The number of pyridine rings is 1. The largest absolute Gasteiger partial charge is 0.493 e. The Labute approximate surface area is 212 Å². The van der Waals surface area contributed by atoms with Crippen molar-refractivity contribution in [2.75, 3.05) is 12.8 Å². The van der Waals surface area contributed by atoms with E-state index in [1.165, 1.54) is 13.4 Å². The van der Waals surface area contributed by atoms with E-state index in [2.05, 4.69) is 30.4 Å². The molecule has 0 aliphatic rings. The van der Waals surface area contributed by atoms with E-state index in [0.29, 0.717) is 28.5 Å². The van der Waals surface area contributed by atoms with Crippen LogP contribution in [-0.4, -0.2) is 47.7 Å². The minimum absolute atomic E-state index is 0.0120. The highest BCUT2D eigenvalue weighted by Crippen LogP contribution is 2.32. The summed E-state index contributed by atoms with van der Waals surface area (Å²) in [6, 6.07) is 11.4. The van der Waals surface area contributed by atoms with E-state index in [0.717, 1.165) is 16.5 Å². The molecule has 186 valence electrons. The molecule has 5 rings (SSSR count). The van der Waals surface area contributed by atoms with Gasteiger partial charge in [0.1, 0.15) is 23.4 Å². The Balaban J connectivity index is 1.61. The number of fused-ring (bicyclic) bond motifs is 1. The molecule has 0 atom stereocenters. The van der Waals surface area contributed by atoms with E-state index in [-0.39, 0.29) is 11.5 Å². The van der Waals surface area contributed by atoms with E-state index < -0.39 is 11.4 Å². The number of nitrogens with one attached hydrogen (secondary N) is 1. The van der Waals surface area contributed by atoms with Gasteiger partial charge >= 0.3 is 0 Å². The van der Waals surface area contributed by atoms with Crippen LogP contribution in [0.25, 0.3) is 33.5 Å². The first-order chi connectivity index (χ1) is 17.8. The molecule has 0 aliphatic carbocycles. The van der Waals surface area contributed by atoms with Crippen molar-refractivity contribution in [2.45, 2.75) is 19.4 Å². The number of nitrogens with two attached hydrogens (primary N) is 1. The normalized spacial score (nSPS) is 11.5. The third-order valence-electron chi connectivity index (χ3n) is 5.89. The number of nitrogen functional groups attached to an aromatic ring is 1. The summed E-state index contributed by atoms with van der Waals surface area (Å²) in [4.78, 5) is 35.5. The summed E-state index contributed by atoms with van der Waals surface area (Å²) in [5.74, 6) is -0.0791. The summed E-state index contributed by atoms with van der Waals surface area (Å²) >= 11 is 0. The van der Waals surface area contributed by atoms with Crippen LogP contribution in [0.5, 0.6) is 5.75 Å². The minimum Gasteiger partial charge on any atom is -0.493 e. The van der Waals surface area contributed by atoms with Gasteiger partial charge < -0.3 is 15.8 Å². The standard InChI is InChI=1S/C26H25N9O2/c1-26(2,23-19(37-4)13-28-14-30-23)33-25(36)22-24(27)32-21(18-9-11-35(3)34-18)20(31-22)16-7-8-17-15(12-16)6-5-10-29-17/h5-14H,1-4H3,(H2,27,32)(H,33,36). The molecule has 0 spiro atoms. The highest BCUT2D eigenvalue weighted by atomic mass is 16.5. The molecule has 0 saturated carbocycles. The summed E-state index contributed by atoms with van der Waals surface area (Å²) in [6.07, 6.45) is 6.48. The van der Waals surface area contributed by atoms with Gasteiger partial charge in [0.05, 0.1) is 30.1 Å². The molecule has 4 heterocycles. The molecule has 37 heavy (non-hydrogen) atoms. The van der Waals surface area contributed by atoms with E-state index in [9.17, 15) is 4.79 Å². The topological polar surface area (TPSA) is 147 Å². The zero-order chi connectivity index (χ0) is 26.2. The smallest absolute Gasteiger partial charge is 0.274 e. The molecule has 0 bridgehead atoms. The van der Waals surface area contributed by atoms with Crippen LogP contribution in [0.15, 0.2) is 61.3 Å². The van der Waals surface area contributed by atoms with Crippen molar-refractivity contribution >= 4 is 22.6 Å². The second-order valence-corrected chi connectivity index (χ2v) is 8.96. The maximum Gasteiger partial charge on any atom is 0.274 e. The molecular formula is C26H25N9O2. The lowest BCUT2D eigenvalue weighted by Crippen LogP contribution is -2.42. The lowest BCUT2D eigenvalue weighted by Gasteiger charge is -2.27. The fourth-order valence-corrected chi connectivity index (χ4v) is 4.10. The quantitative estimate of drug-likeness (QED) is 0.362. The van der Waals surface area contributed by atoms with Gasteiger partial charge in [0, 0.05) is 30.4 Å². The van der Waals surface area contributed by atoms with Crippen LogP contribution in [0.1, 0.15) is 30.0 Å². The van der Waals surface area contributed by atoms with Crippen LogP contribution < -0.4 is 15.8 Å². The average molecular weight is 496 g/mol. The third-order valence-corrected chi connectivity index (χ3v) is 5.89. The van der Waals surface area contributed by atoms with Gasteiger partial charge in [-0.1, -0.05) is 12.1 Å². The van der Waals surface area contributed by atoms with Crippen LogP contribution in [0.2, 0.25) is 0 Å². The molecule has 5 aromatic rings. The first kappa shape index (κ1) is 23.8. The summed E-state index contributed by atoms with van der Waals surface area (Å²) < 4.78 is 7.04. The summed E-state index contributed by atoms with van der Waals surface area (Å²) in [5.41, 5.74) is 8.98. The van der Waals surface area contributed by atoms with Gasteiger partial charge in [0.15, 0.2) is 17.3 Å². The number of carbonyl (C=O) groups excluding carboxylic acids is 1. The number of amides is 1. The molecule has 4 aromatic heterocycles. The fraction of sp³-hybridized carbons (Fsp3) is 0.192. The number of methoxy groups -OCH3 is 1. The number of ether oxygens (including phenoxy) is 1. The number of benzene rings is 1. The molecule has 11 nitrogen and oxygen atoms in total. The molecule has 0 radical (unpaired) electrons. The Morgan fingerprint density at radius 2 is 1.95 bits per heavy atom. The fourth-order valence-electron chi connectivity index (χ4n) is 4.10. The third kappa shape index (κ3) is 4.54.